The third-order valence-corrected chi connectivity index (χ3v) is 3.56. The van der Waals surface area contributed by atoms with Gasteiger partial charge < -0.3 is 5.32 Å². The zero-order chi connectivity index (χ0) is 14.7. The van der Waals surface area contributed by atoms with Crippen LogP contribution in [0.1, 0.15) is 5.56 Å². The second kappa shape index (κ2) is 6.49. The van der Waals surface area contributed by atoms with Crippen LogP contribution < -0.4 is 5.32 Å². The van der Waals surface area contributed by atoms with Crippen molar-refractivity contribution < 1.29 is 13.6 Å². The van der Waals surface area contributed by atoms with E-state index in [1.165, 1.54) is 6.07 Å². The van der Waals surface area contributed by atoms with Gasteiger partial charge in [0.25, 0.3) is 0 Å². The molecule has 0 aliphatic carbocycles. The molecule has 6 heteroatoms. The molecule has 1 amide bonds. The van der Waals surface area contributed by atoms with Crippen LogP contribution in [0.15, 0.2) is 36.4 Å². The van der Waals surface area contributed by atoms with Gasteiger partial charge in [-0.1, -0.05) is 17.7 Å². The highest BCUT2D eigenvalue weighted by Gasteiger charge is 2.11. The summed E-state index contributed by atoms with van der Waals surface area (Å²) in [6.45, 7) is 0. The summed E-state index contributed by atoms with van der Waals surface area (Å²) in [5.74, 6) is -1.83. The molecular weight excluding hydrogens is 399 g/mol. The minimum absolute atomic E-state index is 0.130. The van der Waals surface area contributed by atoms with Crippen molar-refractivity contribution >= 4 is 45.8 Å². The number of hydrogen-bond acceptors (Lipinski definition) is 1. The zero-order valence-corrected chi connectivity index (χ0v) is 13.0. The fourth-order valence-electron chi connectivity index (χ4n) is 1.62. The van der Waals surface area contributed by atoms with E-state index in [0.29, 0.717) is 10.7 Å². The first kappa shape index (κ1) is 15.2. The molecule has 0 radical (unpaired) electrons. The molecule has 0 aromatic heterocycles. The highest BCUT2D eigenvalue weighted by molar-refractivity contribution is 14.1. The van der Waals surface area contributed by atoms with Gasteiger partial charge >= 0.3 is 0 Å². The maximum Gasteiger partial charge on any atom is 0.228 e. The van der Waals surface area contributed by atoms with Crippen molar-refractivity contribution in [2.45, 2.75) is 6.42 Å². The molecule has 2 aromatic rings. The number of rotatable bonds is 3. The highest BCUT2D eigenvalue weighted by Crippen LogP contribution is 2.24. The summed E-state index contributed by atoms with van der Waals surface area (Å²) < 4.78 is 27.1. The molecule has 2 nitrogen and oxygen atoms in total. The Labute approximate surface area is 133 Å². The SMILES string of the molecule is O=C(Cc1ccc(F)cc1F)Nc1ccc(I)cc1Cl. The van der Waals surface area contributed by atoms with E-state index in [1.54, 1.807) is 18.2 Å². The van der Waals surface area contributed by atoms with Crippen LogP contribution >= 0.6 is 34.2 Å². The smallest absolute Gasteiger partial charge is 0.228 e. The van der Waals surface area contributed by atoms with Crippen LogP contribution in [0.25, 0.3) is 0 Å². The van der Waals surface area contributed by atoms with Crippen LogP contribution in [0.2, 0.25) is 5.02 Å². The van der Waals surface area contributed by atoms with Gasteiger partial charge in [-0.05, 0) is 52.4 Å². The number of carbonyl (C=O) groups excluding carboxylic acids is 1. The molecule has 0 bridgehead atoms. The Kier molecular flexibility index (Phi) is 4.93. The summed E-state index contributed by atoms with van der Waals surface area (Å²) in [6.07, 6.45) is -0.186. The van der Waals surface area contributed by atoms with Crippen LogP contribution in [0.4, 0.5) is 14.5 Å². The van der Waals surface area contributed by atoms with E-state index in [0.717, 1.165) is 15.7 Å². The minimum Gasteiger partial charge on any atom is -0.324 e. The maximum atomic E-state index is 13.4. The molecule has 0 saturated carbocycles. The van der Waals surface area contributed by atoms with Crippen molar-refractivity contribution in [3.63, 3.8) is 0 Å². The van der Waals surface area contributed by atoms with Crippen LogP contribution in [0, 0.1) is 15.2 Å². The normalized spacial score (nSPS) is 10.4. The van der Waals surface area contributed by atoms with Crippen molar-refractivity contribution in [2.24, 2.45) is 0 Å². The molecule has 2 aromatic carbocycles. The number of anilines is 1. The van der Waals surface area contributed by atoms with Crippen molar-refractivity contribution in [3.05, 3.63) is 62.2 Å². The lowest BCUT2D eigenvalue weighted by atomic mass is 10.1. The number of halogens is 4. The molecule has 104 valence electrons. The highest BCUT2D eigenvalue weighted by atomic mass is 127. The zero-order valence-electron chi connectivity index (χ0n) is 10.1. The van der Waals surface area contributed by atoms with Crippen LogP contribution in [-0.2, 0) is 11.2 Å². The van der Waals surface area contributed by atoms with E-state index in [-0.39, 0.29) is 12.0 Å². The van der Waals surface area contributed by atoms with Gasteiger partial charge in [-0.15, -0.1) is 0 Å². The lowest BCUT2D eigenvalue weighted by Gasteiger charge is -2.08. The fourth-order valence-corrected chi connectivity index (χ4v) is 2.53. The second-order valence-electron chi connectivity index (χ2n) is 4.08. The molecule has 0 atom stereocenters. The lowest BCUT2D eigenvalue weighted by Crippen LogP contribution is -2.15. The first-order valence-electron chi connectivity index (χ1n) is 5.64. The van der Waals surface area contributed by atoms with Gasteiger partial charge in [-0.3, -0.25) is 4.79 Å². The van der Waals surface area contributed by atoms with E-state index in [9.17, 15) is 13.6 Å². The van der Waals surface area contributed by atoms with Crippen molar-refractivity contribution in [1.29, 1.82) is 0 Å². The van der Waals surface area contributed by atoms with Gasteiger partial charge in [0.2, 0.25) is 5.91 Å². The Hall–Kier alpha value is -1.21. The molecule has 0 aliphatic rings. The molecular formula is C14H9ClF2INO. The molecule has 1 N–H and O–H groups in total. The van der Waals surface area contributed by atoms with Gasteiger partial charge in [0.05, 0.1) is 17.1 Å². The van der Waals surface area contributed by atoms with Crippen molar-refractivity contribution in [1.82, 2.24) is 0 Å². The molecule has 0 fully saturated rings. The molecule has 0 aliphatic heterocycles. The fraction of sp³-hybridized carbons (Fsp3) is 0.0714. The largest absolute Gasteiger partial charge is 0.324 e. The standard InChI is InChI=1S/C14H9ClF2INO/c15-11-7-10(18)3-4-13(11)19-14(20)5-8-1-2-9(16)6-12(8)17/h1-4,6-7H,5H2,(H,19,20). The summed E-state index contributed by atoms with van der Waals surface area (Å²) in [7, 11) is 0. The van der Waals surface area contributed by atoms with Crippen LogP contribution in [-0.4, -0.2) is 5.91 Å². The Morgan fingerprint density at radius 3 is 2.60 bits per heavy atom. The molecule has 2 rings (SSSR count). The summed E-state index contributed by atoms with van der Waals surface area (Å²) in [5, 5.41) is 3.00. The van der Waals surface area contributed by atoms with Gasteiger partial charge in [-0.2, -0.15) is 0 Å². The monoisotopic (exact) mass is 407 g/mol. The van der Waals surface area contributed by atoms with Crippen LogP contribution in [0.5, 0.6) is 0 Å². The van der Waals surface area contributed by atoms with E-state index in [1.807, 2.05) is 0 Å². The van der Waals surface area contributed by atoms with Gasteiger partial charge in [-0.25, -0.2) is 8.78 Å². The molecule has 0 spiro atoms. The minimum atomic E-state index is -0.742. The molecule has 0 unspecified atom stereocenters. The summed E-state index contributed by atoms with van der Waals surface area (Å²) >= 11 is 8.08. The summed E-state index contributed by atoms with van der Waals surface area (Å²) in [6, 6.07) is 8.28. The third kappa shape index (κ3) is 3.89. The lowest BCUT2D eigenvalue weighted by molar-refractivity contribution is -0.115. The van der Waals surface area contributed by atoms with Crippen LogP contribution in [0.3, 0.4) is 0 Å². The Morgan fingerprint density at radius 2 is 1.95 bits per heavy atom. The number of benzene rings is 2. The van der Waals surface area contributed by atoms with E-state index in [2.05, 4.69) is 27.9 Å². The average molecular weight is 408 g/mol. The summed E-state index contributed by atoms with van der Waals surface area (Å²) in [5.41, 5.74) is 0.588. The van der Waals surface area contributed by atoms with E-state index < -0.39 is 17.5 Å². The Morgan fingerprint density at radius 1 is 1.20 bits per heavy atom. The number of amides is 1. The predicted molar refractivity (Wildman–Crippen MR) is 82.9 cm³/mol. The number of nitrogens with one attached hydrogen (secondary N) is 1. The van der Waals surface area contributed by atoms with Gasteiger partial charge in [0.1, 0.15) is 11.6 Å². The number of hydrogen-bond donors (Lipinski definition) is 1. The quantitative estimate of drug-likeness (QED) is 0.751. The van der Waals surface area contributed by atoms with E-state index >= 15 is 0 Å². The number of carbonyl (C=O) groups is 1. The van der Waals surface area contributed by atoms with E-state index in [4.69, 9.17) is 11.6 Å². The second-order valence-corrected chi connectivity index (χ2v) is 5.74. The topological polar surface area (TPSA) is 29.1 Å². The van der Waals surface area contributed by atoms with Gasteiger partial charge in [0, 0.05) is 9.64 Å². The predicted octanol–water partition coefficient (Wildman–Crippen LogP) is 4.40. The third-order valence-electron chi connectivity index (χ3n) is 2.57. The van der Waals surface area contributed by atoms with Crippen molar-refractivity contribution in [3.8, 4) is 0 Å². The summed E-state index contributed by atoms with van der Waals surface area (Å²) in [4.78, 5) is 11.8. The first-order chi connectivity index (χ1) is 9.45. The Bertz CT molecular complexity index is 608. The van der Waals surface area contributed by atoms with Crippen molar-refractivity contribution in [2.75, 3.05) is 5.32 Å². The first-order valence-corrected chi connectivity index (χ1v) is 7.10. The molecule has 0 saturated heterocycles. The maximum absolute atomic E-state index is 13.4. The molecule has 0 heterocycles. The molecule has 20 heavy (non-hydrogen) atoms. The Balaban J connectivity index is 2.09. The van der Waals surface area contributed by atoms with Gasteiger partial charge in [0.15, 0.2) is 0 Å². The average Bonchev–Trinajstić information content (AvgIpc) is 2.36.